The summed E-state index contributed by atoms with van der Waals surface area (Å²) in [4.78, 5) is 2.51. The van der Waals surface area contributed by atoms with Crippen LogP contribution in [0.2, 0.25) is 0 Å². The van der Waals surface area contributed by atoms with Gasteiger partial charge in [-0.15, -0.1) is 0 Å². The van der Waals surface area contributed by atoms with Gasteiger partial charge in [-0.05, 0) is 43.5 Å². The molecule has 1 nitrogen and oxygen atoms in total. The lowest BCUT2D eigenvalue weighted by atomic mass is 9.99. The molecule has 2 rings (SSSR count). The van der Waals surface area contributed by atoms with Crippen LogP contribution in [0.1, 0.15) is 25.0 Å². The third kappa shape index (κ3) is 1.75. The number of hydrogen-bond acceptors (Lipinski definition) is 1. The molecule has 1 heteroatoms. The highest BCUT2D eigenvalue weighted by Gasteiger charge is 2.17. The van der Waals surface area contributed by atoms with Crippen LogP contribution in [0.4, 0.5) is 0 Å². The van der Waals surface area contributed by atoms with Crippen LogP contribution in [0.25, 0.3) is 0 Å². The maximum absolute atomic E-state index is 3.15. The van der Waals surface area contributed by atoms with Crippen molar-refractivity contribution in [3.05, 3.63) is 35.4 Å². The molecule has 0 N–H and O–H groups in total. The summed E-state index contributed by atoms with van der Waals surface area (Å²) >= 11 is 0. The van der Waals surface area contributed by atoms with Crippen LogP contribution in [0.5, 0.6) is 0 Å². The molecule has 0 spiro atoms. The molecule has 1 aliphatic rings. The first-order chi connectivity index (χ1) is 6.27. The van der Waals surface area contributed by atoms with Gasteiger partial charge in [0.2, 0.25) is 0 Å². The highest BCUT2D eigenvalue weighted by molar-refractivity contribution is 5.28. The number of rotatable bonds is 1. The van der Waals surface area contributed by atoms with E-state index in [0.717, 1.165) is 6.54 Å². The summed E-state index contributed by atoms with van der Waals surface area (Å²) < 4.78 is 0. The van der Waals surface area contributed by atoms with Crippen molar-refractivity contribution in [3.8, 4) is 0 Å². The summed E-state index contributed by atoms with van der Waals surface area (Å²) in [6.07, 6.45) is 1.20. The second-order valence-corrected chi connectivity index (χ2v) is 4.01. The molecule has 1 aliphatic heterocycles. The Kier molecular flexibility index (Phi) is 2.36. The predicted molar refractivity (Wildman–Crippen MR) is 54.5 cm³/mol. The lowest BCUT2D eigenvalue weighted by molar-refractivity contribution is 0.203. The molecule has 0 atom stereocenters. The Morgan fingerprint density at radius 2 is 2.23 bits per heavy atom. The van der Waals surface area contributed by atoms with Gasteiger partial charge in [-0.1, -0.05) is 12.1 Å². The van der Waals surface area contributed by atoms with Crippen LogP contribution in [-0.4, -0.2) is 17.5 Å². The van der Waals surface area contributed by atoms with Crippen molar-refractivity contribution in [1.82, 2.24) is 4.90 Å². The number of hydrogen-bond donors (Lipinski definition) is 0. The van der Waals surface area contributed by atoms with Crippen LogP contribution < -0.4 is 0 Å². The lowest BCUT2D eigenvalue weighted by Gasteiger charge is -2.31. The Morgan fingerprint density at radius 1 is 1.38 bits per heavy atom. The van der Waals surface area contributed by atoms with Crippen LogP contribution in [0, 0.1) is 6.07 Å². The molecule has 1 aromatic rings. The van der Waals surface area contributed by atoms with Crippen LogP contribution in [0.3, 0.4) is 0 Å². The maximum atomic E-state index is 3.15. The van der Waals surface area contributed by atoms with Gasteiger partial charge in [-0.25, -0.2) is 0 Å². The van der Waals surface area contributed by atoms with E-state index in [0.29, 0.717) is 6.04 Å². The van der Waals surface area contributed by atoms with Gasteiger partial charge in [0.15, 0.2) is 0 Å². The summed E-state index contributed by atoms with van der Waals surface area (Å²) in [5.74, 6) is 0. The molecule has 0 amide bonds. The van der Waals surface area contributed by atoms with Gasteiger partial charge in [-0.3, -0.25) is 4.90 Å². The van der Waals surface area contributed by atoms with E-state index in [-0.39, 0.29) is 0 Å². The lowest BCUT2D eigenvalue weighted by Crippen LogP contribution is -2.35. The molecule has 13 heavy (non-hydrogen) atoms. The molecule has 0 saturated heterocycles. The standard InChI is InChI=1S/C12H16N/c1-10(2)13-8-7-11-5-3-4-6-12(11)9-13/h3,5-6,10H,7-9H2,1-2H3. The summed E-state index contributed by atoms with van der Waals surface area (Å²) in [5.41, 5.74) is 2.97. The zero-order chi connectivity index (χ0) is 9.26. The van der Waals surface area contributed by atoms with E-state index < -0.39 is 0 Å². The maximum Gasteiger partial charge on any atom is 0.0239 e. The quantitative estimate of drug-likeness (QED) is 0.631. The van der Waals surface area contributed by atoms with Gasteiger partial charge >= 0.3 is 0 Å². The highest BCUT2D eigenvalue weighted by atomic mass is 15.1. The number of nitrogens with zero attached hydrogens (tertiary/aromatic N) is 1. The summed E-state index contributed by atoms with van der Waals surface area (Å²) in [6, 6.07) is 10.2. The fraction of sp³-hybridized carbons (Fsp3) is 0.500. The van der Waals surface area contributed by atoms with E-state index in [1.165, 1.54) is 24.1 Å². The van der Waals surface area contributed by atoms with Crippen molar-refractivity contribution < 1.29 is 0 Å². The van der Waals surface area contributed by atoms with Gasteiger partial charge in [0.25, 0.3) is 0 Å². The Balaban J connectivity index is 2.20. The van der Waals surface area contributed by atoms with Crippen molar-refractivity contribution in [1.29, 1.82) is 0 Å². The second-order valence-electron chi connectivity index (χ2n) is 4.01. The second kappa shape index (κ2) is 3.51. The molecule has 0 bridgehead atoms. The normalized spacial score (nSPS) is 17.5. The average Bonchev–Trinajstić information content (AvgIpc) is 2.17. The van der Waals surface area contributed by atoms with Crippen molar-refractivity contribution in [3.63, 3.8) is 0 Å². The first-order valence-corrected chi connectivity index (χ1v) is 4.99. The summed E-state index contributed by atoms with van der Waals surface area (Å²) in [7, 11) is 0. The smallest absolute Gasteiger partial charge is 0.0239 e. The van der Waals surface area contributed by atoms with Gasteiger partial charge in [-0.2, -0.15) is 0 Å². The summed E-state index contributed by atoms with van der Waals surface area (Å²) in [5, 5.41) is 0. The van der Waals surface area contributed by atoms with Crippen LogP contribution in [0.15, 0.2) is 18.2 Å². The molecule has 1 aromatic carbocycles. The van der Waals surface area contributed by atoms with Crippen molar-refractivity contribution >= 4 is 0 Å². The Morgan fingerprint density at radius 3 is 3.00 bits per heavy atom. The summed E-state index contributed by atoms with van der Waals surface area (Å²) in [6.45, 7) is 6.83. The molecular weight excluding hydrogens is 158 g/mol. The van der Waals surface area contributed by atoms with Crippen molar-refractivity contribution in [2.24, 2.45) is 0 Å². The number of benzene rings is 1. The largest absolute Gasteiger partial charge is 0.296 e. The minimum absolute atomic E-state index is 0.661. The van der Waals surface area contributed by atoms with E-state index in [1.54, 1.807) is 0 Å². The molecular formula is C12H16N. The predicted octanol–water partition coefficient (Wildman–Crippen LogP) is 2.25. The van der Waals surface area contributed by atoms with Gasteiger partial charge in [0.05, 0.1) is 0 Å². The van der Waals surface area contributed by atoms with E-state index in [4.69, 9.17) is 0 Å². The third-order valence-corrected chi connectivity index (χ3v) is 2.82. The highest BCUT2D eigenvalue weighted by Crippen LogP contribution is 2.19. The Bertz CT molecular complexity index is 291. The SMILES string of the molecule is CC(C)N1CCc2cc[c]cc2C1. The van der Waals surface area contributed by atoms with Gasteiger partial charge in [0.1, 0.15) is 0 Å². The van der Waals surface area contributed by atoms with Gasteiger partial charge < -0.3 is 0 Å². The minimum atomic E-state index is 0.661. The molecule has 0 saturated carbocycles. The fourth-order valence-electron chi connectivity index (χ4n) is 1.89. The molecule has 0 unspecified atom stereocenters. The molecule has 1 heterocycles. The van der Waals surface area contributed by atoms with E-state index in [2.05, 4.69) is 36.9 Å². The topological polar surface area (TPSA) is 3.24 Å². The first-order valence-electron chi connectivity index (χ1n) is 4.99. The number of fused-ring (bicyclic) bond motifs is 1. The van der Waals surface area contributed by atoms with Gasteiger partial charge in [0, 0.05) is 19.1 Å². The fourth-order valence-corrected chi connectivity index (χ4v) is 1.89. The first kappa shape index (κ1) is 8.76. The minimum Gasteiger partial charge on any atom is -0.296 e. The van der Waals surface area contributed by atoms with E-state index >= 15 is 0 Å². The van der Waals surface area contributed by atoms with Crippen LogP contribution >= 0.6 is 0 Å². The monoisotopic (exact) mass is 174 g/mol. The van der Waals surface area contributed by atoms with Crippen molar-refractivity contribution in [2.75, 3.05) is 6.54 Å². The Labute approximate surface area is 80.4 Å². The Hall–Kier alpha value is -0.820. The van der Waals surface area contributed by atoms with E-state index in [9.17, 15) is 0 Å². The molecule has 0 fully saturated rings. The molecule has 1 radical (unpaired) electrons. The zero-order valence-corrected chi connectivity index (χ0v) is 8.38. The molecule has 0 aliphatic carbocycles. The van der Waals surface area contributed by atoms with Crippen molar-refractivity contribution in [2.45, 2.75) is 32.9 Å². The molecule has 69 valence electrons. The zero-order valence-electron chi connectivity index (χ0n) is 8.38. The van der Waals surface area contributed by atoms with E-state index in [1.807, 2.05) is 6.07 Å². The average molecular weight is 174 g/mol. The molecule has 0 aromatic heterocycles. The van der Waals surface area contributed by atoms with Crippen LogP contribution in [-0.2, 0) is 13.0 Å². The third-order valence-electron chi connectivity index (χ3n) is 2.82.